The van der Waals surface area contributed by atoms with Gasteiger partial charge in [-0.25, -0.2) is 14.8 Å². The summed E-state index contributed by atoms with van der Waals surface area (Å²) in [5.74, 6) is 0.0770. The van der Waals surface area contributed by atoms with Crippen LogP contribution in [0, 0.1) is 13.8 Å². The Morgan fingerprint density at radius 1 is 1.04 bits per heavy atom. The normalized spacial score (nSPS) is 20.9. The van der Waals surface area contributed by atoms with Crippen molar-refractivity contribution in [1.82, 2.24) is 19.8 Å². The number of carboxylic acids is 1. The fourth-order valence-electron chi connectivity index (χ4n) is 6.76. The van der Waals surface area contributed by atoms with E-state index < -0.39 is 18.2 Å². The van der Waals surface area contributed by atoms with E-state index in [1.807, 2.05) is 13.8 Å². The number of hydrogen-bond donors (Lipinski definition) is 2. The van der Waals surface area contributed by atoms with Crippen molar-refractivity contribution in [3.05, 3.63) is 56.1 Å². The van der Waals surface area contributed by atoms with Crippen LogP contribution in [-0.2, 0) is 11.2 Å². The van der Waals surface area contributed by atoms with Gasteiger partial charge in [-0.2, -0.15) is 0 Å². The summed E-state index contributed by atoms with van der Waals surface area (Å²) in [4.78, 5) is 28.2. The second-order valence-electron chi connectivity index (χ2n) is 13.0. The van der Waals surface area contributed by atoms with Crippen LogP contribution >= 0.6 is 34.5 Å². The van der Waals surface area contributed by atoms with Gasteiger partial charge in [-0.15, -0.1) is 11.3 Å². The number of carbonyl (C=O) groups is 1. The molecule has 2 aromatic heterocycles. The van der Waals surface area contributed by atoms with Gasteiger partial charge in [-0.3, -0.25) is 4.90 Å². The number of phenolic OH excluding ortho intramolecular Hbond substituents is 1. The minimum Gasteiger partial charge on any atom is -0.508 e. The number of rotatable bonds is 4. The summed E-state index contributed by atoms with van der Waals surface area (Å²) in [6, 6.07) is 4.79. The Morgan fingerprint density at radius 3 is 2.44 bits per heavy atom. The lowest BCUT2D eigenvalue weighted by molar-refractivity contribution is -0.145. The molecule has 2 N–H and O–H groups in total. The average Bonchev–Trinajstić information content (AvgIpc) is 3.40. The molecule has 1 aliphatic carbocycles. The fraction of sp³-hybridized carbons (Fsp3) is 0.457. The van der Waals surface area contributed by atoms with E-state index in [1.165, 1.54) is 12.4 Å². The van der Waals surface area contributed by atoms with Gasteiger partial charge in [0, 0.05) is 55.1 Å². The molecule has 4 bridgehead atoms. The van der Waals surface area contributed by atoms with Crippen LogP contribution in [0.4, 0.5) is 0 Å². The standard InChI is InChI=1S/C35H38Cl2N4O6S/c1-18-26-19(2)30(37)31(29(18)36)46-23(15-41-11-9-40(3)10-12-41)16-45-22-7-8-24(42)21(13-22)14-25(35(43)44)47-33-28-27(26)32(20-5-4-6-20)48-34(28)39-17-38-33/h7-8,13,17,20,23,25,42H,4-6,9-12,14-16H2,1-3H3,(H,43,44)/t23-,25-/m1/s1. The van der Waals surface area contributed by atoms with Crippen molar-refractivity contribution in [2.45, 2.75) is 57.7 Å². The van der Waals surface area contributed by atoms with E-state index in [-0.39, 0.29) is 24.7 Å². The summed E-state index contributed by atoms with van der Waals surface area (Å²) in [6.45, 7) is 8.32. The van der Waals surface area contributed by atoms with Crippen LogP contribution in [0.15, 0.2) is 24.5 Å². The average molecular weight is 714 g/mol. The Hall–Kier alpha value is -3.35. The minimum atomic E-state index is -1.36. The number of ether oxygens (including phenoxy) is 3. The second-order valence-corrected chi connectivity index (χ2v) is 14.8. The van der Waals surface area contributed by atoms with Crippen molar-refractivity contribution >= 4 is 50.7 Å². The van der Waals surface area contributed by atoms with Crippen LogP contribution in [0.3, 0.4) is 0 Å². The van der Waals surface area contributed by atoms with Gasteiger partial charge in [0.2, 0.25) is 12.0 Å². The first-order valence-electron chi connectivity index (χ1n) is 16.3. The van der Waals surface area contributed by atoms with Gasteiger partial charge in [0.05, 0.1) is 15.4 Å². The number of likely N-dealkylation sites (N-methyl/N-ethyl adjacent to an activating group) is 1. The molecule has 13 heteroatoms. The summed E-state index contributed by atoms with van der Waals surface area (Å²) in [7, 11) is 2.11. The topological polar surface area (TPSA) is 117 Å². The van der Waals surface area contributed by atoms with Gasteiger partial charge >= 0.3 is 5.97 Å². The summed E-state index contributed by atoms with van der Waals surface area (Å²) in [6.07, 6.45) is 2.67. The minimum absolute atomic E-state index is 0.0564. The molecule has 1 saturated heterocycles. The highest BCUT2D eigenvalue weighted by Gasteiger charge is 2.34. The van der Waals surface area contributed by atoms with E-state index in [2.05, 4.69) is 26.8 Å². The van der Waals surface area contributed by atoms with Gasteiger partial charge in [0.1, 0.15) is 35.4 Å². The van der Waals surface area contributed by atoms with E-state index in [1.54, 1.807) is 23.5 Å². The molecular formula is C35H38Cl2N4O6S. The van der Waals surface area contributed by atoms with Gasteiger partial charge < -0.3 is 29.3 Å². The number of benzene rings is 2. The summed E-state index contributed by atoms with van der Waals surface area (Å²) in [5, 5.41) is 22.5. The smallest absolute Gasteiger partial charge is 0.345 e. The zero-order valence-corrected chi connectivity index (χ0v) is 29.4. The molecule has 5 heterocycles. The van der Waals surface area contributed by atoms with Crippen molar-refractivity contribution in [1.29, 1.82) is 0 Å². The third-order valence-electron chi connectivity index (χ3n) is 9.78. The number of hydrogen-bond acceptors (Lipinski definition) is 10. The predicted octanol–water partition coefficient (Wildman–Crippen LogP) is 6.72. The maximum atomic E-state index is 12.7. The van der Waals surface area contributed by atoms with E-state index in [0.29, 0.717) is 49.8 Å². The maximum Gasteiger partial charge on any atom is 0.345 e. The first-order chi connectivity index (χ1) is 23.1. The number of piperazine rings is 1. The Balaban J connectivity index is 1.42. The molecule has 254 valence electrons. The Kier molecular flexibility index (Phi) is 9.34. The molecule has 0 spiro atoms. The Morgan fingerprint density at radius 2 is 1.77 bits per heavy atom. The van der Waals surface area contributed by atoms with Crippen molar-refractivity contribution in [2.75, 3.05) is 46.4 Å². The number of fused-ring (bicyclic) bond motifs is 7. The number of thiophene rings is 1. The lowest BCUT2D eigenvalue weighted by Gasteiger charge is -2.35. The fourth-order valence-corrected chi connectivity index (χ4v) is 8.59. The number of aromatic hydroxyl groups is 1. The molecule has 48 heavy (non-hydrogen) atoms. The third-order valence-corrected chi connectivity index (χ3v) is 11.9. The molecule has 10 nitrogen and oxygen atoms in total. The number of carboxylic acid groups (broad SMARTS) is 1. The Bertz CT molecular complexity index is 1840. The molecule has 4 aromatic rings. The molecule has 0 radical (unpaired) electrons. The lowest BCUT2D eigenvalue weighted by atomic mass is 9.80. The maximum absolute atomic E-state index is 12.7. The van der Waals surface area contributed by atoms with Crippen LogP contribution in [0.25, 0.3) is 21.3 Å². The molecule has 3 aliphatic heterocycles. The van der Waals surface area contributed by atoms with Gasteiger partial charge in [0.15, 0.2) is 5.75 Å². The zero-order chi connectivity index (χ0) is 33.7. The largest absolute Gasteiger partial charge is 0.508 e. The SMILES string of the molecule is Cc1c(Cl)c2c(Cl)c(C)c1-c1c(C3CCC3)sc3ncnc(c13)O[C@@H](C(=O)O)Cc1cc(ccc1O)OC[C@@H](CN1CCN(C)CC1)O2. The highest BCUT2D eigenvalue weighted by Crippen LogP contribution is 2.54. The second kappa shape index (κ2) is 13.5. The van der Waals surface area contributed by atoms with Gasteiger partial charge in [-0.05, 0) is 74.5 Å². The number of aromatic nitrogens is 2. The van der Waals surface area contributed by atoms with E-state index >= 15 is 0 Å². The third kappa shape index (κ3) is 6.27. The first kappa shape index (κ1) is 33.2. The number of aliphatic carboxylic acids is 1. The van der Waals surface area contributed by atoms with Gasteiger partial charge in [-0.1, -0.05) is 29.6 Å². The number of halogens is 2. The molecular weight excluding hydrogens is 675 g/mol. The predicted molar refractivity (Wildman–Crippen MR) is 187 cm³/mol. The molecule has 2 fully saturated rings. The van der Waals surface area contributed by atoms with E-state index in [0.717, 1.165) is 72.6 Å². The van der Waals surface area contributed by atoms with E-state index in [4.69, 9.17) is 37.4 Å². The highest BCUT2D eigenvalue weighted by molar-refractivity contribution is 7.19. The van der Waals surface area contributed by atoms with Crippen LogP contribution in [0.5, 0.6) is 23.1 Å². The summed E-state index contributed by atoms with van der Waals surface area (Å²) in [5.41, 5.74) is 3.67. The molecule has 4 aliphatic rings. The monoisotopic (exact) mass is 712 g/mol. The first-order valence-corrected chi connectivity index (χ1v) is 17.8. The van der Waals surface area contributed by atoms with Crippen LogP contribution in [0.2, 0.25) is 10.0 Å². The molecule has 1 saturated carbocycles. The summed E-state index contributed by atoms with van der Waals surface area (Å²) < 4.78 is 19.2. The zero-order valence-electron chi connectivity index (χ0n) is 27.1. The summed E-state index contributed by atoms with van der Waals surface area (Å²) >= 11 is 16.0. The molecule has 2 atom stereocenters. The van der Waals surface area contributed by atoms with Crippen LogP contribution in [0.1, 0.15) is 46.7 Å². The quantitative estimate of drug-likeness (QED) is 0.236. The van der Waals surface area contributed by atoms with Crippen molar-refractivity contribution in [2.24, 2.45) is 0 Å². The molecule has 0 amide bonds. The van der Waals surface area contributed by atoms with Crippen LogP contribution < -0.4 is 14.2 Å². The molecule has 0 unspecified atom stereocenters. The Labute approximate surface area is 293 Å². The number of phenols is 1. The van der Waals surface area contributed by atoms with Crippen molar-refractivity contribution in [3.63, 3.8) is 0 Å². The number of nitrogens with zero attached hydrogens (tertiary/aromatic N) is 4. The van der Waals surface area contributed by atoms with E-state index in [9.17, 15) is 15.0 Å². The van der Waals surface area contributed by atoms with Gasteiger partial charge in [0.25, 0.3) is 0 Å². The molecule has 2 aromatic carbocycles. The van der Waals surface area contributed by atoms with Crippen LogP contribution in [-0.4, -0.2) is 94.5 Å². The highest BCUT2D eigenvalue weighted by atomic mass is 35.5. The molecule has 8 rings (SSSR count). The van der Waals surface area contributed by atoms with Crippen molar-refractivity contribution < 1.29 is 29.2 Å². The van der Waals surface area contributed by atoms with Crippen molar-refractivity contribution in [3.8, 4) is 34.3 Å². The lowest BCUT2D eigenvalue weighted by Crippen LogP contribution is -2.49.